The number of carbonyl (C=O) groups is 2. The van der Waals surface area contributed by atoms with Gasteiger partial charge in [0.2, 0.25) is 11.8 Å². The number of hydrogen-bond acceptors (Lipinski definition) is 4. The van der Waals surface area contributed by atoms with E-state index >= 15 is 0 Å². The summed E-state index contributed by atoms with van der Waals surface area (Å²) in [6.07, 6.45) is 3.90. The van der Waals surface area contributed by atoms with Crippen molar-refractivity contribution in [3.63, 3.8) is 0 Å². The summed E-state index contributed by atoms with van der Waals surface area (Å²) in [5, 5.41) is 2.76. The molecule has 25 heavy (non-hydrogen) atoms. The Bertz CT molecular complexity index is 680. The van der Waals surface area contributed by atoms with Crippen molar-refractivity contribution >= 4 is 17.6 Å². The van der Waals surface area contributed by atoms with Crippen molar-refractivity contribution in [1.29, 1.82) is 0 Å². The van der Waals surface area contributed by atoms with E-state index in [0.717, 1.165) is 18.9 Å². The first-order chi connectivity index (χ1) is 12.2. The first kappa shape index (κ1) is 17.0. The molecule has 1 aliphatic rings. The SMILES string of the molecule is O=C(CCC(=O)N1CCN(c2cccc[nH+]2)CC1)NCc1ccco1. The number of H-pyrrole nitrogens is 1. The van der Waals surface area contributed by atoms with Crippen molar-refractivity contribution in [1.82, 2.24) is 10.2 Å². The number of aromatic amines is 1. The molecule has 0 aromatic carbocycles. The number of amides is 2. The van der Waals surface area contributed by atoms with Crippen LogP contribution in [0.2, 0.25) is 0 Å². The van der Waals surface area contributed by atoms with E-state index in [1.165, 1.54) is 0 Å². The summed E-state index contributed by atoms with van der Waals surface area (Å²) >= 11 is 0. The fraction of sp³-hybridized carbons (Fsp3) is 0.389. The van der Waals surface area contributed by atoms with Crippen LogP contribution < -0.4 is 15.2 Å². The lowest BCUT2D eigenvalue weighted by Gasteiger charge is -2.31. The van der Waals surface area contributed by atoms with Crippen LogP contribution in [-0.4, -0.2) is 42.9 Å². The number of pyridine rings is 1. The average Bonchev–Trinajstić information content (AvgIpc) is 3.19. The third-order valence-corrected chi connectivity index (χ3v) is 4.27. The Morgan fingerprint density at radius 2 is 1.92 bits per heavy atom. The van der Waals surface area contributed by atoms with E-state index in [4.69, 9.17) is 4.42 Å². The standard InChI is InChI=1S/C18H22N4O3/c23-17(20-14-15-4-3-13-25-15)6-7-18(24)22-11-9-21(10-12-22)16-5-1-2-8-19-16/h1-5,8,13H,6-7,9-12,14H2,(H,20,23)/p+1. The molecule has 1 saturated heterocycles. The zero-order valence-electron chi connectivity index (χ0n) is 14.1. The molecule has 0 saturated carbocycles. The maximum Gasteiger partial charge on any atom is 0.274 e. The molecule has 0 unspecified atom stereocenters. The van der Waals surface area contributed by atoms with Gasteiger partial charge in [0.25, 0.3) is 5.82 Å². The molecule has 0 bridgehead atoms. The third-order valence-electron chi connectivity index (χ3n) is 4.27. The third kappa shape index (κ3) is 4.82. The lowest BCUT2D eigenvalue weighted by Crippen LogP contribution is -2.50. The fourth-order valence-corrected chi connectivity index (χ4v) is 2.84. The Balaban J connectivity index is 1.37. The highest BCUT2D eigenvalue weighted by molar-refractivity contribution is 5.83. The summed E-state index contributed by atoms with van der Waals surface area (Å²) in [4.78, 5) is 31.4. The number of nitrogens with zero attached hydrogens (tertiary/aromatic N) is 2. The van der Waals surface area contributed by atoms with Crippen molar-refractivity contribution < 1.29 is 19.0 Å². The van der Waals surface area contributed by atoms with Gasteiger partial charge in [-0.2, -0.15) is 0 Å². The minimum absolute atomic E-state index is 0.0323. The van der Waals surface area contributed by atoms with Crippen molar-refractivity contribution in [2.75, 3.05) is 31.1 Å². The molecule has 7 nitrogen and oxygen atoms in total. The van der Waals surface area contributed by atoms with Crippen LogP contribution in [0.15, 0.2) is 47.2 Å². The van der Waals surface area contributed by atoms with Gasteiger partial charge in [0, 0.05) is 18.9 Å². The topological polar surface area (TPSA) is 79.9 Å². The van der Waals surface area contributed by atoms with Gasteiger partial charge in [0.1, 0.15) is 18.8 Å². The molecule has 0 aliphatic carbocycles. The second-order valence-electron chi connectivity index (χ2n) is 5.97. The van der Waals surface area contributed by atoms with Gasteiger partial charge in [0.05, 0.1) is 32.1 Å². The van der Waals surface area contributed by atoms with E-state index < -0.39 is 0 Å². The van der Waals surface area contributed by atoms with Crippen LogP contribution in [0.3, 0.4) is 0 Å². The molecule has 132 valence electrons. The zero-order valence-corrected chi connectivity index (χ0v) is 14.1. The Kier molecular flexibility index (Phi) is 5.66. The number of aromatic nitrogens is 1. The molecule has 0 atom stereocenters. The number of anilines is 1. The van der Waals surface area contributed by atoms with Crippen molar-refractivity contribution in [2.45, 2.75) is 19.4 Å². The number of rotatable bonds is 6. The number of furan rings is 1. The molecule has 7 heteroatoms. The van der Waals surface area contributed by atoms with Gasteiger partial charge in [-0.25, -0.2) is 4.98 Å². The van der Waals surface area contributed by atoms with E-state index in [9.17, 15) is 9.59 Å². The van der Waals surface area contributed by atoms with Crippen LogP contribution in [0.4, 0.5) is 5.82 Å². The predicted molar refractivity (Wildman–Crippen MR) is 91.6 cm³/mol. The number of hydrogen-bond donors (Lipinski definition) is 1. The molecule has 1 fully saturated rings. The summed E-state index contributed by atoms with van der Waals surface area (Å²) in [7, 11) is 0. The van der Waals surface area contributed by atoms with Crippen molar-refractivity contribution in [3.8, 4) is 0 Å². The maximum absolute atomic E-state index is 12.3. The van der Waals surface area contributed by atoms with Gasteiger partial charge in [-0.15, -0.1) is 0 Å². The molecule has 2 aromatic heterocycles. The first-order valence-electron chi connectivity index (χ1n) is 8.51. The van der Waals surface area contributed by atoms with Gasteiger partial charge in [0.15, 0.2) is 0 Å². The van der Waals surface area contributed by atoms with E-state index in [0.29, 0.717) is 25.4 Å². The summed E-state index contributed by atoms with van der Waals surface area (Å²) in [5.74, 6) is 1.66. The minimum atomic E-state index is -0.137. The van der Waals surface area contributed by atoms with Crippen LogP contribution in [0.25, 0.3) is 0 Å². The zero-order chi connectivity index (χ0) is 17.5. The van der Waals surface area contributed by atoms with Crippen molar-refractivity contribution in [2.24, 2.45) is 0 Å². The first-order valence-corrected chi connectivity index (χ1v) is 8.51. The second-order valence-corrected chi connectivity index (χ2v) is 5.97. The minimum Gasteiger partial charge on any atom is -0.467 e. The summed E-state index contributed by atoms with van der Waals surface area (Å²) in [5.41, 5.74) is 0. The normalized spacial score (nSPS) is 14.4. The average molecular weight is 343 g/mol. The van der Waals surface area contributed by atoms with Gasteiger partial charge in [-0.1, -0.05) is 6.07 Å². The van der Waals surface area contributed by atoms with Crippen LogP contribution in [0.1, 0.15) is 18.6 Å². The quantitative estimate of drug-likeness (QED) is 0.843. The van der Waals surface area contributed by atoms with E-state index in [1.807, 2.05) is 29.3 Å². The molecular formula is C18H23N4O3+. The lowest BCUT2D eigenvalue weighted by atomic mass is 10.2. The lowest BCUT2D eigenvalue weighted by molar-refractivity contribution is -0.364. The molecule has 0 spiro atoms. The molecule has 3 heterocycles. The molecule has 2 aromatic rings. The Morgan fingerprint density at radius 3 is 2.60 bits per heavy atom. The number of nitrogens with one attached hydrogen (secondary N) is 2. The highest BCUT2D eigenvalue weighted by Gasteiger charge is 2.26. The highest BCUT2D eigenvalue weighted by Crippen LogP contribution is 2.11. The second kappa shape index (κ2) is 8.32. The Labute approximate surface area is 146 Å². The predicted octanol–water partition coefficient (Wildman–Crippen LogP) is 0.839. The summed E-state index contributed by atoms with van der Waals surface area (Å²) < 4.78 is 5.15. The molecule has 2 N–H and O–H groups in total. The molecular weight excluding hydrogens is 320 g/mol. The fourth-order valence-electron chi connectivity index (χ4n) is 2.84. The number of carbonyl (C=O) groups excluding carboxylic acids is 2. The van der Waals surface area contributed by atoms with Crippen LogP contribution in [0, 0.1) is 0 Å². The summed E-state index contributed by atoms with van der Waals surface area (Å²) in [6.45, 7) is 3.28. The maximum atomic E-state index is 12.3. The molecule has 0 radical (unpaired) electrons. The van der Waals surface area contributed by atoms with E-state index in [1.54, 1.807) is 18.4 Å². The largest absolute Gasteiger partial charge is 0.467 e. The van der Waals surface area contributed by atoms with Crippen LogP contribution >= 0.6 is 0 Å². The highest BCUT2D eigenvalue weighted by atomic mass is 16.3. The molecule has 2 amide bonds. The Morgan fingerprint density at radius 1 is 1.08 bits per heavy atom. The van der Waals surface area contributed by atoms with E-state index in [2.05, 4.69) is 15.2 Å². The summed E-state index contributed by atoms with van der Waals surface area (Å²) in [6, 6.07) is 9.54. The molecule has 3 rings (SSSR count). The number of piperazine rings is 1. The van der Waals surface area contributed by atoms with E-state index in [-0.39, 0.29) is 24.7 Å². The van der Waals surface area contributed by atoms with Crippen molar-refractivity contribution in [3.05, 3.63) is 48.6 Å². The Hall–Kier alpha value is -2.83. The van der Waals surface area contributed by atoms with Gasteiger partial charge in [-0.05, 0) is 18.2 Å². The monoisotopic (exact) mass is 343 g/mol. The van der Waals surface area contributed by atoms with Gasteiger partial charge >= 0.3 is 0 Å². The van der Waals surface area contributed by atoms with Gasteiger partial charge < -0.3 is 14.6 Å². The van der Waals surface area contributed by atoms with Crippen LogP contribution in [-0.2, 0) is 16.1 Å². The smallest absolute Gasteiger partial charge is 0.274 e. The van der Waals surface area contributed by atoms with Gasteiger partial charge in [-0.3, -0.25) is 14.5 Å². The molecule has 1 aliphatic heterocycles. The van der Waals surface area contributed by atoms with Crippen LogP contribution in [0.5, 0.6) is 0 Å².